The number of rotatable bonds is 3. The summed E-state index contributed by atoms with van der Waals surface area (Å²) in [6.45, 7) is 4.79. The number of para-hydroxylation sites is 1. The van der Waals surface area contributed by atoms with Crippen molar-refractivity contribution < 1.29 is 13.2 Å². The SMILES string of the molecule is CNC(C)c1ccccc1N1C(=O)C(C)(C)S1(=O)=O. The lowest BCUT2D eigenvalue weighted by atomic mass is 10.1. The van der Waals surface area contributed by atoms with E-state index in [1.165, 1.54) is 13.8 Å². The molecule has 2 rings (SSSR count). The smallest absolute Gasteiger partial charge is 0.263 e. The lowest BCUT2D eigenvalue weighted by Gasteiger charge is -2.43. The normalized spacial score (nSPS) is 21.9. The van der Waals surface area contributed by atoms with Gasteiger partial charge in [-0.15, -0.1) is 0 Å². The highest BCUT2D eigenvalue weighted by Crippen LogP contribution is 2.41. The van der Waals surface area contributed by atoms with Gasteiger partial charge in [-0.25, -0.2) is 12.7 Å². The lowest BCUT2D eigenvalue weighted by Crippen LogP contribution is -2.67. The maximum Gasteiger partial charge on any atom is 0.263 e. The molecule has 0 aromatic heterocycles. The summed E-state index contributed by atoms with van der Waals surface area (Å²) >= 11 is 0. The van der Waals surface area contributed by atoms with Crippen LogP contribution >= 0.6 is 0 Å². The van der Waals surface area contributed by atoms with Gasteiger partial charge in [-0.1, -0.05) is 18.2 Å². The second-order valence-corrected chi connectivity index (χ2v) is 7.49. The number of amides is 1. The van der Waals surface area contributed by atoms with Crippen LogP contribution in [0.2, 0.25) is 0 Å². The largest absolute Gasteiger partial charge is 0.313 e. The van der Waals surface area contributed by atoms with Crippen LogP contribution in [0.4, 0.5) is 5.69 Å². The van der Waals surface area contributed by atoms with E-state index in [0.717, 1.165) is 9.87 Å². The van der Waals surface area contributed by atoms with Gasteiger partial charge in [0.2, 0.25) is 0 Å². The van der Waals surface area contributed by atoms with Crippen LogP contribution in [0.5, 0.6) is 0 Å². The molecular formula is C13H18N2O3S. The molecule has 0 spiro atoms. The Morgan fingerprint density at radius 2 is 1.84 bits per heavy atom. The van der Waals surface area contributed by atoms with Crippen molar-refractivity contribution in [2.24, 2.45) is 0 Å². The summed E-state index contributed by atoms with van der Waals surface area (Å²) in [6, 6.07) is 7.01. The molecule has 6 heteroatoms. The number of anilines is 1. The minimum absolute atomic E-state index is 0.0390. The van der Waals surface area contributed by atoms with Gasteiger partial charge in [0.15, 0.2) is 4.75 Å². The molecule has 1 aromatic carbocycles. The fraction of sp³-hybridized carbons (Fsp3) is 0.462. The van der Waals surface area contributed by atoms with Gasteiger partial charge in [-0.05, 0) is 39.4 Å². The van der Waals surface area contributed by atoms with Gasteiger partial charge in [-0.3, -0.25) is 4.79 Å². The molecule has 5 nitrogen and oxygen atoms in total. The molecule has 1 atom stereocenters. The predicted octanol–water partition coefficient (Wildman–Crippen LogP) is 1.42. The Balaban J connectivity index is 2.54. The van der Waals surface area contributed by atoms with Crippen molar-refractivity contribution in [3.05, 3.63) is 29.8 Å². The molecule has 0 radical (unpaired) electrons. The van der Waals surface area contributed by atoms with Crippen LogP contribution in [0, 0.1) is 0 Å². The Bertz CT molecular complexity index is 623. The van der Waals surface area contributed by atoms with Crippen molar-refractivity contribution in [3.63, 3.8) is 0 Å². The fourth-order valence-electron chi connectivity index (χ4n) is 2.09. The number of nitrogens with one attached hydrogen (secondary N) is 1. The molecule has 1 aliphatic rings. The quantitative estimate of drug-likeness (QED) is 0.910. The van der Waals surface area contributed by atoms with Crippen molar-refractivity contribution in [3.8, 4) is 0 Å². The van der Waals surface area contributed by atoms with E-state index >= 15 is 0 Å². The van der Waals surface area contributed by atoms with E-state index in [0.29, 0.717) is 5.69 Å². The Labute approximate surface area is 113 Å². The molecule has 1 fully saturated rings. The summed E-state index contributed by atoms with van der Waals surface area (Å²) in [6.07, 6.45) is 0. The molecule has 1 heterocycles. The van der Waals surface area contributed by atoms with E-state index in [1.807, 2.05) is 19.1 Å². The van der Waals surface area contributed by atoms with Crippen LogP contribution in [-0.2, 0) is 14.8 Å². The number of nitrogens with zero attached hydrogens (tertiary/aromatic N) is 1. The number of sulfonamides is 1. The zero-order valence-electron chi connectivity index (χ0n) is 11.5. The van der Waals surface area contributed by atoms with Gasteiger partial charge in [0.25, 0.3) is 15.9 Å². The van der Waals surface area contributed by atoms with Crippen molar-refractivity contribution in [2.75, 3.05) is 11.4 Å². The number of carbonyl (C=O) groups excluding carboxylic acids is 1. The number of benzene rings is 1. The Morgan fingerprint density at radius 3 is 2.37 bits per heavy atom. The molecule has 0 aliphatic carbocycles. The maximum absolute atomic E-state index is 12.2. The molecule has 1 amide bonds. The van der Waals surface area contributed by atoms with E-state index in [9.17, 15) is 13.2 Å². The first-order valence-corrected chi connectivity index (χ1v) is 7.54. The van der Waals surface area contributed by atoms with E-state index in [1.54, 1.807) is 19.2 Å². The van der Waals surface area contributed by atoms with Crippen LogP contribution in [-0.4, -0.2) is 26.1 Å². The first kappa shape index (κ1) is 14.0. The minimum atomic E-state index is -3.61. The van der Waals surface area contributed by atoms with Gasteiger partial charge in [-0.2, -0.15) is 0 Å². The van der Waals surface area contributed by atoms with Crippen LogP contribution in [0.3, 0.4) is 0 Å². The molecule has 1 N–H and O–H groups in total. The molecule has 104 valence electrons. The van der Waals surface area contributed by atoms with Crippen molar-refractivity contribution in [2.45, 2.75) is 31.6 Å². The third-order valence-electron chi connectivity index (χ3n) is 3.64. The molecule has 1 unspecified atom stereocenters. The number of hydrogen-bond acceptors (Lipinski definition) is 4. The first-order chi connectivity index (χ1) is 8.75. The Morgan fingerprint density at radius 1 is 1.26 bits per heavy atom. The van der Waals surface area contributed by atoms with Crippen LogP contribution in [0.15, 0.2) is 24.3 Å². The standard InChI is InChI=1S/C13H18N2O3S/c1-9(14-4)10-7-5-6-8-11(10)15-12(16)13(2,3)19(15,17)18/h5-9,14H,1-4H3. The molecule has 0 bridgehead atoms. The van der Waals surface area contributed by atoms with Crippen molar-refractivity contribution in [1.82, 2.24) is 5.32 Å². The van der Waals surface area contributed by atoms with E-state index in [4.69, 9.17) is 0 Å². The summed E-state index contributed by atoms with van der Waals surface area (Å²) in [5, 5.41) is 3.05. The predicted molar refractivity (Wildman–Crippen MR) is 74.4 cm³/mol. The zero-order chi connectivity index (χ0) is 14.4. The average molecular weight is 282 g/mol. The van der Waals surface area contributed by atoms with Gasteiger partial charge in [0.1, 0.15) is 0 Å². The second-order valence-electron chi connectivity index (χ2n) is 5.15. The van der Waals surface area contributed by atoms with Gasteiger partial charge in [0.05, 0.1) is 5.69 Å². The Kier molecular flexibility index (Phi) is 3.18. The average Bonchev–Trinajstić information content (AvgIpc) is 2.38. The second kappa shape index (κ2) is 4.31. The van der Waals surface area contributed by atoms with Crippen LogP contribution in [0.25, 0.3) is 0 Å². The van der Waals surface area contributed by atoms with E-state index < -0.39 is 14.8 Å². The minimum Gasteiger partial charge on any atom is -0.313 e. The van der Waals surface area contributed by atoms with Crippen molar-refractivity contribution in [1.29, 1.82) is 0 Å². The number of hydrogen-bond donors (Lipinski definition) is 1. The van der Waals surface area contributed by atoms with Crippen LogP contribution < -0.4 is 9.62 Å². The molecule has 19 heavy (non-hydrogen) atoms. The Hall–Kier alpha value is -1.40. The maximum atomic E-state index is 12.2. The molecule has 1 aromatic rings. The zero-order valence-corrected chi connectivity index (χ0v) is 12.3. The molecular weight excluding hydrogens is 264 g/mol. The highest BCUT2D eigenvalue weighted by atomic mass is 32.2. The van der Waals surface area contributed by atoms with Crippen molar-refractivity contribution >= 4 is 21.6 Å². The molecule has 1 saturated heterocycles. The summed E-state index contributed by atoms with van der Waals surface area (Å²) in [5.74, 6) is -0.386. The summed E-state index contributed by atoms with van der Waals surface area (Å²) in [5.41, 5.74) is 1.23. The van der Waals surface area contributed by atoms with E-state index in [2.05, 4.69) is 5.32 Å². The third kappa shape index (κ3) is 1.78. The highest BCUT2D eigenvalue weighted by molar-refractivity contribution is 7.98. The molecule has 0 saturated carbocycles. The summed E-state index contributed by atoms with van der Waals surface area (Å²) < 4.78 is 24.0. The summed E-state index contributed by atoms with van der Waals surface area (Å²) in [4.78, 5) is 12.1. The van der Waals surface area contributed by atoms with Crippen LogP contribution in [0.1, 0.15) is 32.4 Å². The third-order valence-corrected chi connectivity index (χ3v) is 5.95. The highest BCUT2D eigenvalue weighted by Gasteiger charge is 2.61. The van der Waals surface area contributed by atoms with Gasteiger partial charge >= 0.3 is 0 Å². The van der Waals surface area contributed by atoms with Gasteiger partial charge < -0.3 is 5.32 Å². The topological polar surface area (TPSA) is 66.5 Å². The fourth-order valence-corrected chi connectivity index (χ4v) is 3.59. The molecule has 1 aliphatic heterocycles. The lowest BCUT2D eigenvalue weighted by molar-refractivity contribution is -0.120. The number of carbonyl (C=O) groups is 1. The first-order valence-electron chi connectivity index (χ1n) is 6.10. The monoisotopic (exact) mass is 282 g/mol. The van der Waals surface area contributed by atoms with Gasteiger partial charge in [0, 0.05) is 6.04 Å². The van der Waals surface area contributed by atoms with E-state index in [-0.39, 0.29) is 11.9 Å². The summed E-state index contributed by atoms with van der Waals surface area (Å²) in [7, 11) is -1.82.